The molecule has 2 aliphatic carbocycles. The number of rotatable bonds is 7. The summed E-state index contributed by atoms with van der Waals surface area (Å²) in [5.74, 6) is -3.14. The fraction of sp³-hybridized carbons (Fsp3) is 0.250. The van der Waals surface area contributed by atoms with Crippen molar-refractivity contribution in [2.45, 2.75) is 22.9 Å². The molecule has 2 aromatic carbocycles. The quantitative estimate of drug-likeness (QED) is 0.304. The lowest BCUT2D eigenvalue weighted by molar-refractivity contribution is -0.121. The first-order valence-electron chi connectivity index (χ1n) is 12.4. The number of pyridine rings is 1. The van der Waals surface area contributed by atoms with Gasteiger partial charge in [0, 0.05) is 41.3 Å². The Morgan fingerprint density at radius 2 is 1.80 bits per heavy atom. The third-order valence-corrected chi connectivity index (χ3v) is 8.77. The van der Waals surface area contributed by atoms with E-state index in [-0.39, 0.29) is 34.4 Å². The third kappa shape index (κ3) is 5.29. The molecule has 0 spiro atoms. The number of sulfone groups is 1. The van der Waals surface area contributed by atoms with Gasteiger partial charge < -0.3 is 15.4 Å². The molecule has 1 heterocycles. The van der Waals surface area contributed by atoms with E-state index in [1.165, 1.54) is 31.6 Å². The lowest BCUT2D eigenvalue weighted by atomic mass is 9.87. The van der Waals surface area contributed by atoms with E-state index in [1.807, 2.05) is 12.2 Å². The fourth-order valence-corrected chi connectivity index (χ4v) is 6.16. The number of benzene rings is 2. The van der Waals surface area contributed by atoms with Gasteiger partial charge in [0.2, 0.25) is 5.91 Å². The van der Waals surface area contributed by atoms with Gasteiger partial charge in [0.1, 0.15) is 11.6 Å². The van der Waals surface area contributed by atoms with Crippen LogP contribution in [0.4, 0.5) is 23.2 Å². The summed E-state index contributed by atoms with van der Waals surface area (Å²) >= 11 is 0. The molecular weight excluding hydrogens is 566 g/mol. The number of amides is 2. The molecule has 4 atom stereocenters. The molecule has 2 bridgehead atoms. The Labute approximate surface area is 232 Å². The van der Waals surface area contributed by atoms with Crippen molar-refractivity contribution in [3.05, 3.63) is 84.5 Å². The lowest BCUT2D eigenvalue weighted by Gasteiger charge is -2.28. The number of fused-ring (bicyclic) bond motifs is 2. The predicted molar refractivity (Wildman–Crippen MR) is 140 cm³/mol. The monoisotopic (exact) mass is 589 g/mol. The van der Waals surface area contributed by atoms with Crippen molar-refractivity contribution in [3.8, 4) is 16.9 Å². The van der Waals surface area contributed by atoms with Crippen molar-refractivity contribution in [2.24, 2.45) is 17.8 Å². The number of allylic oxidation sites excluding steroid dienone is 1. The molecule has 0 unspecified atom stereocenters. The standard InChI is InChI=1S/C28H23F4N3O5S/c1-40-23-13-22(29)20(17-4-3-9-33-14-17)12-21(23)26(36)35-25-16-8-7-15(10-16)24(25)27(37)34-18-5-2-6-19(11-18)41(38,39)28(30,31)32/h2-9,11-16,24-25H,10H2,1H3,(H,34,37)(H,35,36)/t15-,16+,24+,25-/m1/s1. The maximum absolute atomic E-state index is 14.8. The summed E-state index contributed by atoms with van der Waals surface area (Å²) in [6, 6.07) is 8.87. The molecule has 3 aromatic rings. The maximum atomic E-state index is 14.8. The second kappa shape index (κ2) is 10.6. The normalized spacial score (nSPS) is 21.5. The van der Waals surface area contributed by atoms with Gasteiger partial charge in [-0.1, -0.05) is 24.3 Å². The number of hydrogen-bond acceptors (Lipinski definition) is 6. The molecule has 1 saturated carbocycles. The number of anilines is 1. The zero-order chi connectivity index (χ0) is 29.5. The Balaban J connectivity index is 1.40. The van der Waals surface area contributed by atoms with Crippen LogP contribution in [0, 0.1) is 23.6 Å². The zero-order valence-corrected chi connectivity index (χ0v) is 22.2. The number of aromatic nitrogens is 1. The average molecular weight is 590 g/mol. The number of nitrogens with one attached hydrogen (secondary N) is 2. The summed E-state index contributed by atoms with van der Waals surface area (Å²) in [6.45, 7) is 0. The SMILES string of the molecule is COc1cc(F)c(-c2cccnc2)cc1C(=O)N[C@H]1[C@@H](C(=O)Nc2cccc(S(=O)(=O)C(F)(F)F)c2)[C@@H]2C=C[C@H]1C2. The van der Waals surface area contributed by atoms with Gasteiger partial charge in [-0.25, -0.2) is 12.8 Å². The topological polar surface area (TPSA) is 114 Å². The first kappa shape index (κ1) is 28.3. The van der Waals surface area contributed by atoms with Gasteiger partial charge in [-0.3, -0.25) is 14.6 Å². The number of halogens is 4. The number of nitrogens with zero attached hydrogens (tertiary/aromatic N) is 1. The molecule has 41 heavy (non-hydrogen) atoms. The van der Waals surface area contributed by atoms with Crippen molar-refractivity contribution in [3.63, 3.8) is 0 Å². The minimum absolute atomic E-state index is 0.0185. The molecule has 13 heteroatoms. The van der Waals surface area contributed by atoms with Crippen LogP contribution in [0.25, 0.3) is 11.1 Å². The smallest absolute Gasteiger partial charge is 0.496 e. The summed E-state index contributed by atoms with van der Waals surface area (Å²) in [6.07, 6.45) is 7.23. The molecule has 2 N–H and O–H groups in total. The van der Waals surface area contributed by atoms with E-state index >= 15 is 0 Å². The molecule has 1 fully saturated rings. The molecule has 1 aromatic heterocycles. The van der Waals surface area contributed by atoms with Crippen molar-refractivity contribution in [2.75, 3.05) is 12.4 Å². The molecule has 0 aliphatic heterocycles. The van der Waals surface area contributed by atoms with Crippen LogP contribution >= 0.6 is 0 Å². The van der Waals surface area contributed by atoms with Crippen molar-refractivity contribution < 1.29 is 40.3 Å². The van der Waals surface area contributed by atoms with Crippen LogP contribution in [0.3, 0.4) is 0 Å². The molecule has 2 aliphatic rings. The van der Waals surface area contributed by atoms with Gasteiger partial charge in [-0.2, -0.15) is 13.2 Å². The molecule has 0 radical (unpaired) electrons. The highest BCUT2D eigenvalue weighted by atomic mass is 32.2. The number of ether oxygens (including phenoxy) is 1. The minimum Gasteiger partial charge on any atom is -0.496 e. The highest BCUT2D eigenvalue weighted by molar-refractivity contribution is 7.92. The van der Waals surface area contributed by atoms with Crippen LogP contribution in [-0.4, -0.2) is 43.9 Å². The van der Waals surface area contributed by atoms with Crippen molar-refractivity contribution in [1.82, 2.24) is 10.3 Å². The Bertz CT molecular complexity index is 1640. The van der Waals surface area contributed by atoms with E-state index in [9.17, 15) is 35.6 Å². The maximum Gasteiger partial charge on any atom is 0.501 e. The molecule has 2 amide bonds. The van der Waals surface area contributed by atoms with Gasteiger partial charge in [-0.15, -0.1) is 0 Å². The summed E-state index contributed by atoms with van der Waals surface area (Å²) < 4.78 is 82.8. The van der Waals surface area contributed by atoms with E-state index in [0.29, 0.717) is 12.0 Å². The Hall–Kier alpha value is -4.26. The number of methoxy groups -OCH3 is 1. The third-order valence-electron chi connectivity index (χ3n) is 7.28. The molecular formula is C28H23F4N3O5S. The molecule has 214 valence electrons. The van der Waals surface area contributed by atoms with Gasteiger partial charge in [-0.05, 0) is 48.6 Å². The molecule has 0 saturated heterocycles. The van der Waals surface area contributed by atoms with Crippen LogP contribution < -0.4 is 15.4 Å². The molecule has 8 nitrogen and oxygen atoms in total. The van der Waals surface area contributed by atoms with Gasteiger partial charge in [0.15, 0.2) is 0 Å². The number of carbonyl (C=O) groups excluding carboxylic acids is 2. The first-order valence-corrected chi connectivity index (χ1v) is 13.9. The van der Waals surface area contributed by atoms with Gasteiger partial charge >= 0.3 is 5.51 Å². The average Bonchev–Trinajstić information content (AvgIpc) is 3.55. The summed E-state index contributed by atoms with van der Waals surface area (Å²) in [4.78, 5) is 29.8. The van der Waals surface area contributed by atoms with E-state index < -0.39 is 49.8 Å². The zero-order valence-electron chi connectivity index (χ0n) is 21.4. The first-order chi connectivity index (χ1) is 19.4. The summed E-state index contributed by atoms with van der Waals surface area (Å²) in [5, 5.41) is 5.36. The fourth-order valence-electron chi connectivity index (χ4n) is 5.35. The van der Waals surface area contributed by atoms with E-state index in [1.54, 1.807) is 12.1 Å². The van der Waals surface area contributed by atoms with Crippen LogP contribution in [0.1, 0.15) is 16.8 Å². The second-order valence-electron chi connectivity index (χ2n) is 9.71. The predicted octanol–water partition coefficient (Wildman–Crippen LogP) is 4.75. The van der Waals surface area contributed by atoms with Crippen LogP contribution in [0.2, 0.25) is 0 Å². The van der Waals surface area contributed by atoms with E-state index in [4.69, 9.17) is 4.74 Å². The lowest BCUT2D eigenvalue weighted by Crippen LogP contribution is -2.47. The highest BCUT2D eigenvalue weighted by Gasteiger charge is 2.49. The Morgan fingerprint density at radius 1 is 1.05 bits per heavy atom. The highest BCUT2D eigenvalue weighted by Crippen LogP contribution is 2.45. The second-order valence-corrected chi connectivity index (χ2v) is 11.7. The summed E-state index contributed by atoms with van der Waals surface area (Å²) in [7, 11) is -4.32. The Kier molecular flexibility index (Phi) is 7.32. The number of carbonyl (C=O) groups is 2. The van der Waals surface area contributed by atoms with E-state index in [0.717, 1.165) is 24.3 Å². The van der Waals surface area contributed by atoms with Gasteiger partial charge in [0.05, 0.1) is 23.5 Å². The van der Waals surface area contributed by atoms with Gasteiger partial charge in [0.25, 0.3) is 15.7 Å². The number of alkyl halides is 3. The van der Waals surface area contributed by atoms with Crippen LogP contribution in [-0.2, 0) is 14.6 Å². The van der Waals surface area contributed by atoms with Crippen LogP contribution in [0.5, 0.6) is 5.75 Å². The number of hydrogen-bond donors (Lipinski definition) is 2. The van der Waals surface area contributed by atoms with Crippen molar-refractivity contribution >= 4 is 27.3 Å². The van der Waals surface area contributed by atoms with Crippen LogP contribution in [0.15, 0.2) is 78.0 Å². The molecule has 5 rings (SSSR count). The van der Waals surface area contributed by atoms with Crippen molar-refractivity contribution in [1.29, 1.82) is 0 Å². The largest absolute Gasteiger partial charge is 0.501 e. The Morgan fingerprint density at radius 3 is 2.49 bits per heavy atom. The van der Waals surface area contributed by atoms with E-state index in [2.05, 4.69) is 15.6 Å². The minimum atomic E-state index is -5.61. The summed E-state index contributed by atoms with van der Waals surface area (Å²) in [5.41, 5.74) is -5.04.